The van der Waals surface area contributed by atoms with Crippen molar-refractivity contribution in [2.45, 2.75) is 24.7 Å². The Morgan fingerprint density at radius 3 is 1.84 bits per heavy atom. The molecule has 4 N–H and O–H groups in total. The number of rotatable bonds is 7. The van der Waals surface area contributed by atoms with Crippen molar-refractivity contribution in [2.24, 2.45) is 0 Å². The fourth-order valence-corrected chi connectivity index (χ4v) is 5.50. The number of ether oxygens (including phenoxy) is 1. The summed E-state index contributed by atoms with van der Waals surface area (Å²) in [5.41, 5.74) is 4.42. The molecule has 3 aromatic carbocycles. The van der Waals surface area contributed by atoms with E-state index in [9.17, 15) is 14.0 Å². The van der Waals surface area contributed by atoms with Gasteiger partial charge in [-0.3, -0.25) is 9.59 Å². The van der Waals surface area contributed by atoms with Crippen molar-refractivity contribution in [1.29, 1.82) is 0 Å². The molecular formula is C34H35BrFN5O3. The van der Waals surface area contributed by atoms with Gasteiger partial charge in [0.2, 0.25) is 0 Å². The second kappa shape index (κ2) is 15.1. The van der Waals surface area contributed by atoms with Crippen LogP contribution in [0, 0.1) is 5.82 Å². The topological polar surface area (TPSA) is 104 Å². The number of aromatic nitrogens is 1. The van der Waals surface area contributed by atoms with Gasteiger partial charge in [0.1, 0.15) is 17.3 Å². The Balaban J connectivity index is 0.000000175. The Morgan fingerprint density at radius 1 is 0.818 bits per heavy atom. The maximum atomic E-state index is 13.9. The van der Waals surface area contributed by atoms with Gasteiger partial charge >= 0.3 is 0 Å². The number of carbonyl (C=O) groups excluding carboxylic acids is 2. The zero-order valence-electron chi connectivity index (χ0n) is 24.4. The van der Waals surface area contributed by atoms with Crippen molar-refractivity contribution >= 4 is 39.1 Å². The second-order valence-electron chi connectivity index (χ2n) is 10.7. The largest absolute Gasteiger partial charge is 0.497 e. The number of amides is 2. The lowest BCUT2D eigenvalue weighted by Gasteiger charge is -2.11. The number of hydrogen-bond acceptors (Lipinski definition) is 6. The first kappa shape index (κ1) is 31.3. The van der Waals surface area contributed by atoms with Crippen molar-refractivity contribution in [3.63, 3.8) is 0 Å². The monoisotopic (exact) mass is 659 g/mol. The lowest BCUT2D eigenvalue weighted by atomic mass is 9.98. The molecule has 2 fully saturated rings. The molecule has 0 aliphatic carbocycles. The van der Waals surface area contributed by atoms with E-state index in [0.717, 1.165) is 42.8 Å². The number of halogens is 2. The smallest absolute Gasteiger partial charge is 0.274 e. The van der Waals surface area contributed by atoms with Gasteiger partial charge in [-0.25, -0.2) is 9.37 Å². The number of carbonyl (C=O) groups is 2. The normalized spacial score (nSPS) is 17.3. The highest BCUT2D eigenvalue weighted by atomic mass is 79.9. The molecule has 44 heavy (non-hydrogen) atoms. The standard InChI is InChI=1S/C18H19FN2O2.C16H16BrN3O/c1-23-15-6-7-16(17(19)10-15)18(22)21-14-4-2-12(3-5-14)13-8-9-20-11-13;17-13-3-6-15(19-10-13)16(21)20-14-4-1-11(2-5-14)12-7-8-18-9-12/h2-7,10,13,20H,8-9,11H2,1H3,(H,21,22);1-6,10,12,18H,7-9H2,(H,20,21). The molecule has 0 bridgehead atoms. The molecular weight excluding hydrogens is 625 g/mol. The Morgan fingerprint density at radius 2 is 1.39 bits per heavy atom. The van der Waals surface area contributed by atoms with Gasteiger partial charge in [0.05, 0.1) is 12.7 Å². The summed E-state index contributed by atoms with van der Waals surface area (Å²) < 4.78 is 19.7. The third-order valence-corrected chi connectivity index (χ3v) is 8.25. The van der Waals surface area contributed by atoms with Gasteiger partial charge in [-0.2, -0.15) is 0 Å². The maximum absolute atomic E-state index is 13.9. The number of benzene rings is 3. The summed E-state index contributed by atoms with van der Waals surface area (Å²) in [6.07, 6.45) is 3.92. The first-order chi connectivity index (χ1) is 21.4. The van der Waals surface area contributed by atoms with Crippen LogP contribution in [0.1, 0.15) is 56.7 Å². The molecule has 0 saturated carbocycles. The van der Waals surface area contributed by atoms with Crippen LogP contribution in [-0.2, 0) is 0 Å². The summed E-state index contributed by atoms with van der Waals surface area (Å²) in [7, 11) is 1.45. The zero-order valence-corrected chi connectivity index (χ0v) is 26.0. The lowest BCUT2D eigenvalue weighted by Crippen LogP contribution is -2.14. The van der Waals surface area contributed by atoms with E-state index in [-0.39, 0.29) is 11.5 Å². The molecule has 2 amide bonds. The molecule has 0 radical (unpaired) electrons. The van der Waals surface area contributed by atoms with Crippen LogP contribution in [0.4, 0.5) is 15.8 Å². The van der Waals surface area contributed by atoms with Crippen LogP contribution in [0.2, 0.25) is 0 Å². The molecule has 6 rings (SSSR count). The van der Waals surface area contributed by atoms with Crippen LogP contribution in [0.15, 0.2) is 89.5 Å². The Bertz CT molecular complexity index is 1550. The molecule has 2 saturated heterocycles. The number of nitrogens with zero attached hydrogens (tertiary/aromatic N) is 1. The third-order valence-electron chi connectivity index (χ3n) is 7.78. The summed E-state index contributed by atoms with van der Waals surface area (Å²) >= 11 is 3.30. The number of nitrogens with one attached hydrogen (secondary N) is 4. The first-order valence-corrected chi connectivity index (χ1v) is 15.4. The van der Waals surface area contributed by atoms with E-state index >= 15 is 0 Å². The average Bonchev–Trinajstić information content (AvgIpc) is 3.78. The Kier molecular flexibility index (Phi) is 10.7. The van der Waals surface area contributed by atoms with E-state index in [4.69, 9.17) is 4.74 Å². The number of pyridine rings is 1. The first-order valence-electron chi connectivity index (χ1n) is 14.6. The highest BCUT2D eigenvalue weighted by Crippen LogP contribution is 2.25. The molecule has 2 aliphatic heterocycles. The highest BCUT2D eigenvalue weighted by molar-refractivity contribution is 9.10. The molecule has 4 aromatic rings. The predicted molar refractivity (Wildman–Crippen MR) is 174 cm³/mol. The van der Waals surface area contributed by atoms with Gasteiger partial charge in [0, 0.05) is 41.2 Å². The minimum atomic E-state index is -0.601. The fraction of sp³-hybridized carbons (Fsp3) is 0.265. The SMILES string of the molecule is COc1ccc(C(=O)Nc2ccc(C3CCNC3)cc2)c(F)c1.O=C(Nc1ccc(C2CCNC2)cc1)c1ccc(Br)cn1. The van der Waals surface area contributed by atoms with Crippen LogP contribution in [0.5, 0.6) is 5.75 Å². The van der Waals surface area contributed by atoms with Gasteiger partial charge in [-0.15, -0.1) is 0 Å². The van der Waals surface area contributed by atoms with E-state index in [1.807, 2.05) is 36.4 Å². The van der Waals surface area contributed by atoms with E-state index in [2.05, 4.69) is 54.3 Å². The van der Waals surface area contributed by atoms with Crippen molar-refractivity contribution in [3.05, 3.63) is 118 Å². The molecule has 228 valence electrons. The van der Waals surface area contributed by atoms with Gasteiger partial charge in [-0.05, 0) is 113 Å². The van der Waals surface area contributed by atoms with Crippen molar-refractivity contribution in [3.8, 4) is 5.75 Å². The molecule has 2 unspecified atom stereocenters. The lowest BCUT2D eigenvalue weighted by molar-refractivity contribution is 0.101. The van der Waals surface area contributed by atoms with Crippen molar-refractivity contribution in [2.75, 3.05) is 43.9 Å². The molecule has 8 nitrogen and oxygen atoms in total. The number of methoxy groups -OCH3 is 1. The number of anilines is 2. The quantitative estimate of drug-likeness (QED) is 0.185. The van der Waals surface area contributed by atoms with E-state index in [1.54, 1.807) is 24.4 Å². The molecule has 10 heteroatoms. The summed E-state index contributed by atoms with van der Waals surface area (Å²) in [5, 5.41) is 12.3. The molecule has 3 heterocycles. The van der Waals surface area contributed by atoms with Gasteiger partial charge in [0.25, 0.3) is 11.8 Å². The fourth-order valence-electron chi connectivity index (χ4n) is 5.27. The van der Waals surface area contributed by atoms with E-state index in [1.165, 1.54) is 36.8 Å². The summed E-state index contributed by atoms with van der Waals surface area (Å²) in [6, 6.07) is 23.5. The minimum absolute atomic E-state index is 0.00475. The maximum Gasteiger partial charge on any atom is 0.274 e. The van der Waals surface area contributed by atoms with Gasteiger partial charge < -0.3 is 26.0 Å². The summed E-state index contributed by atoms with van der Waals surface area (Å²) in [6.45, 7) is 4.15. The van der Waals surface area contributed by atoms with Gasteiger partial charge in [-0.1, -0.05) is 24.3 Å². The van der Waals surface area contributed by atoms with Crippen LogP contribution < -0.4 is 26.0 Å². The predicted octanol–water partition coefficient (Wildman–Crippen LogP) is 6.34. The summed E-state index contributed by atoms with van der Waals surface area (Å²) in [5.74, 6) is 0.226. The molecule has 1 aromatic heterocycles. The van der Waals surface area contributed by atoms with Crippen LogP contribution in [0.25, 0.3) is 0 Å². The zero-order chi connectivity index (χ0) is 30.9. The minimum Gasteiger partial charge on any atom is -0.497 e. The highest BCUT2D eigenvalue weighted by Gasteiger charge is 2.18. The van der Waals surface area contributed by atoms with E-state index < -0.39 is 11.7 Å². The van der Waals surface area contributed by atoms with Gasteiger partial charge in [0.15, 0.2) is 0 Å². The van der Waals surface area contributed by atoms with Crippen LogP contribution in [-0.4, -0.2) is 50.1 Å². The van der Waals surface area contributed by atoms with Crippen LogP contribution in [0.3, 0.4) is 0 Å². The molecule has 2 aliphatic rings. The molecule has 2 atom stereocenters. The van der Waals surface area contributed by atoms with E-state index in [0.29, 0.717) is 29.0 Å². The third kappa shape index (κ3) is 8.28. The average molecular weight is 661 g/mol. The Labute approximate surface area is 264 Å². The Hall–Kier alpha value is -4.12. The second-order valence-corrected chi connectivity index (χ2v) is 11.7. The van der Waals surface area contributed by atoms with Crippen molar-refractivity contribution in [1.82, 2.24) is 15.6 Å². The number of hydrogen-bond donors (Lipinski definition) is 4. The van der Waals surface area contributed by atoms with Crippen molar-refractivity contribution < 1.29 is 18.7 Å². The van der Waals surface area contributed by atoms with Crippen LogP contribution >= 0.6 is 15.9 Å². The molecule has 0 spiro atoms. The summed E-state index contributed by atoms with van der Waals surface area (Å²) in [4.78, 5) is 28.3.